The normalized spacial score (nSPS) is 15.0. The molecule has 1 aromatic heterocycles. The lowest BCUT2D eigenvalue weighted by Crippen LogP contribution is -2.20. The first-order valence-corrected chi connectivity index (χ1v) is 7.03. The largest absolute Gasteiger partial charge is 0.386 e. The summed E-state index contributed by atoms with van der Waals surface area (Å²) in [7, 11) is 0. The molecule has 1 aromatic carbocycles. The molecule has 1 aliphatic rings. The summed E-state index contributed by atoms with van der Waals surface area (Å²) in [6.45, 7) is 8.00. The van der Waals surface area contributed by atoms with E-state index in [9.17, 15) is 5.11 Å². The Morgan fingerprint density at radius 2 is 1.89 bits per heavy atom. The monoisotopic (exact) mass is 255 g/mol. The van der Waals surface area contributed by atoms with Gasteiger partial charge in [-0.1, -0.05) is 6.07 Å². The topological polar surface area (TPSA) is 33.1 Å². The van der Waals surface area contributed by atoms with E-state index in [2.05, 4.69) is 26.0 Å². The van der Waals surface area contributed by atoms with E-state index in [1.165, 1.54) is 22.4 Å². The van der Waals surface area contributed by atoms with E-state index in [4.69, 9.17) is 4.98 Å². The zero-order chi connectivity index (χ0) is 13.8. The van der Waals surface area contributed by atoms with Crippen LogP contribution in [0.4, 0.5) is 0 Å². The quantitative estimate of drug-likeness (QED) is 0.845. The van der Waals surface area contributed by atoms with Crippen LogP contribution in [0.15, 0.2) is 12.1 Å². The van der Waals surface area contributed by atoms with Gasteiger partial charge in [-0.15, -0.1) is 0 Å². The number of fused-ring (bicyclic) bond motifs is 2. The Morgan fingerprint density at radius 1 is 1.16 bits per heavy atom. The van der Waals surface area contributed by atoms with E-state index in [0.29, 0.717) is 0 Å². The maximum atomic E-state index is 10.6. The van der Waals surface area contributed by atoms with Crippen molar-refractivity contribution in [2.75, 3.05) is 0 Å². The minimum atomic E-state index is -0.810. The number of benzene rings is 1. The van der Waals surface area contributed by atoms with Crippen molar-refractivity contribution in [2.24, 2.45) is 0 Å². The first-order valence-electron chi connectivity index (χ1n) is 7.03. The van der Waals surface area contributed by atoms with Gasteiger partial charge in [0, 0.05) is 11.1 Å². The Kier molecular flexibility index (Phi) is 2.68. The Hall–Kier alpha value is -1.41. The van der Waals surface area contributed by atoms with E-state index in [-0.39, 0.29) is 0 Å². The van der Waals surface area contributed by atoms with E-state index in [1.54, 1.807) is 0 Å². The number of nitrogens with zero attached hydrogens (tertiary/aromatic N) is 1. The van der Waals surface area contributed by atoms with Gasteiger partial charge >= 0.3 is 0 Å². The van der Waals surface area contributed by atoms with Gasteiger partial charge in [0.15, 0.2) is 0 Å². The molecule has 100 valence electrons. The number of hydrogen-bond donors (Lipinski definition) is 1. The fourth-order valence-electron chi connectivity index (χ4n) is 3.45. The van der Waals surface area contributed by atoms with Crippen LogP contribution in [0.1, 0.15) is 48.2 Å². The highest BCUT2D eigenvalue weighted by atomic mass is 16.3. The average Bonchev–Trinajstić information content (AvgIpc) is 2.71. The summed E-state index contributed by atoms with van der Waals surface area (Å²) in [6.07, 6.45) is 3.24. The standard InChI is InChI=1S/C17H21NO/c1-10-8-11(2)15-14(9-10)18-13-7-5-6-12(13)16(15)17(3,4)19/h8-9,19H,5-7H2,1-4H3. The first-order chi connectivity index (χ1) is 8.88. The molecule has 19 heavy (non-hydrogen) atoms. The molecule has 1 N–H and O–H groups in total. The van der Waals surface area contributed by atoms with Gasteiger partial charge in [-0.2, -0.15) is 0 Å². The van der Waals surface area contributed by atoms with Gasteiger partial charge in [0.1, 0.15) is 0 Å². The molecule has 0 spiro atoms. The molecule has 1 aliphatic carbocycles. The second-order valence-electron chi connectivity index (χ2n) is 6.30. The fraction of sp³-hybridized carbons (Fsp3) is 0.471. The van der Waals surface area contributed by atoms with Gasteiger partial charge in [-0.05, 0) is 75.3 Å². The van der Waals surface area contributed by atoms with Crippen LogP contribution < -0.4 is 0 Å². The molecule has 1 heterocycles. The maximum absolute atomic E-state index is 10.6. The molecule has 2 aromatic rings. The van der Waals surface area contributed by atoms with Crippen LogP contribution in [0.2, 0.25) is 0 Å². The molecule has 0 unspecified atom stereocenters. The second-order valence-corrected chi connectivity index (χ2v) is 6.30. The van der Waals surface area contributed by atoms with Gasteiger partial charge in [0.05, 0.1) is 11.1 Å². The molecule has 0 saturated carbocycles. The molecule has 3 rings (SSSR count). The van der Waals surface area contributed by atoms with Gasteiger partial charge in [-0.3, -0.25) is 4.98 Å². The summed E-state index contributed by atoms with van der Waals surface area (Å²) in [4.78, 5) is 4.84. The summed E-state index contributed by atoms with van der Waals surface area (Å²) >= 11 is 0. The van der Waals surface area contributed by atoms with E-state index >= 15 is 0 Å². The van der Waals surface area contributed by atoms with Crippen LogP contribution in [0.25, 0.3) is 10.9 Å². The van der Waals surface area contributed by atoms with Crippen molar-refractivity contribution in [3.05, 3.63) is 40.1 Å². The zero-order valence-corrected chi connectivity index (χ0v) is 12.2. The van der Waals surface area contributed by atoms with Crippen molar-refractivity contribution in [2.45, 2.75) is 52.6 Å². The predicted molar refractivity (Wildman–Crippen MR) is 78.5 cm³/mol. The Balaban J connectivity index is 2.49. The molecule has 2 nitrogen and oxygen atoms in total. The second kappa shape index (κ2) is 4.04. The first kappa shape index (κ1) is 12.6. The third-order valence-corrected chi connectivity index (χ3v) is 4.07. The lowest BCUT2D eigenvalue weighted by atomic mass is 9.87. The van der Waals surface area contributed by atoms with Crippen LogP contribution in [0.3, 0.4) is 0 Å². The fourth-order valence-corrected chi connectivity index (χ4v) is 3.45. The molecule has 0 bridgehead atoms. The summed E-state index contributed by atoms with van der Waals surface area (Å²) in [5.41, 5.74) is 6.25. The smallest absolute Gasteiger partial charge is 0.0850 e. The molecule has 0 aliphatic heterocycles. The van der Waals surface area contributed by atoms with Crippen molar-refractivity contribution in [1.82, 2.24) is 4.98 Å². The van der Waals surface area contributed by atoms with Crippen molar-refractivity contribution >= 4 is 10.9 Å². The number of aryl methyl sites for hydroxylation is 3. The van der Waals surface area contributed by atoms with Gasteiger partial charge in [-0.25, -0.2) is 0 Å². The van der Waals surface area contributed by atoms with Gasteiger partial charge in [0.2, 0.25) is 0 Å². The lowest BCUT2D eigenvalue weighted by molar-refractivity contribution is 0.0792. The highest BCUT2D eigenvalue weighted by molar-refractivity contribution is 5.88. The van der Waals surface area contributed by atoms with Crippen LogP contribution in [0.5, 0.6) is 0 Å². The number of hydrogen-bond acceptors (Lipinski definition) is 2. The molecular formula is C17H21NO. The maximum Gasteiger partial charge on any atom is 0.0850 e. The zero-order valence-electron chi connectivity index (χ0n) is 12.2. The molecule has 0 radical (unpaired) electrons. The van der Waals surface area contributed by atoms with Crippen molar-refractivity contribution in [3.8, 4) is 0 Å². The van der Waals surface area contributed by atoms with Crippen molar-refractivity contribution in [1.29, 1.82) is 0 Å². The number of aromatic nitrogens is 1. The summed E-state index contributed by atoms with van der Waals surface area (Å²) in [6, 6.07) is 4.32. The van der Waals surface area contributed by atoms with Gasteiger partial charge in [0.25, 0.3) is 0 Å². The molecule has 2 heteroatoms. The van der Waals surface area contributed by atoms with Gasteiger partial charge < -0.3 is 5.11 Å². The minimum absolute atomic E-state index is 0.810. The molecule has 0 saturated heterocycles. The highest BCUT2D eigenvalue weighted by Gasteiger charge is 2.29. The SMILES string of the molecule is Cc1cc(C)c2c(C(C)(C)O)c3c(nc2c1)CCC3. The summed E-state index contributed by atoms with van der Waals surface area (Å²) in [5.74, 6) is 0. The third kappa shape index (κ3) is 1.95. The van der Waals surface area contributed by atoms with E-state index < -0.39 is 5.60 Å². The number of rotatable bonds is 1. The molecule has 0 atom stereocenters. The lowest BCUT2D eigenvalue weighted by Gasteiger charge is -2.25. The highest BCUT2D eigenvalue weighted by Crippen LogP contribution is 2.38. The van der Waals surface area contributed by atoms with Crippen molar-refractivity contribution in [3.63, 3.8) is 0 Å². The van der Waals surface area contributed by atoms with Crippen molar-refractivity contribution < 1.29 is 5.11 Å². The Labute approximate surface area is 114 Å². The van der Waals surface area contributed by atoms with E-state index in [1.807, 2.05) is 13.8 Å². The predicted octanol–water partition coefficient (Wildman–Crippen LogP) is 3.57. The number of aliphatic hydroxyl groups is 1. The molecular weight excluding hydrogens is 234 g/mol. The molecule has 0 fully saturated rings. The third-order valence-electron chi connectivity index (χ3n) is 4.07. The van der Waals surface area contributed by atoms with E-state index in [0.717, 1.165) is 35.7 Å². The molecule has 0 amide bonds. The van der Waals surface area contributed by atoms with Crippen LogP contribution in [-0.2, 0) is 18.4 Å². The number of pyridine rings is 1. The van der Waals surface area contributed by atoms with Crippen LogP contribution >= 0.6 is 0 Å². The Morgan fingerprint density at radius 3 is 2.58 bits per heavy atom. The minimum Gasteiger partial charge on any atom is -0.386 e. The van der Waals surface area contributed by atoms with Crippen LogP contribution in [-0.4, -0.2) is 10.1 Å². The van der Waals surface area contributed by atoms with Crippen LogP contribution in [0, 0.1) is 13.8 Å². The Bertz CT molecular complexity index is 665. The average molecular weight is 255 g/mol. The summed E-state index contributed by atoms with van der Waals surface area (Å²) < 4.78 is 0. The summed E-state index contributed by atoms with van der Waals surface area (Å²) in [5, 5.41) is 11.8.